The van der Waals surface area contributed by atoms with Gasteiger partial charge in [-0.05, 0) is 36.8 Å². The van der Waals surface area contributed by atoms with Crippen molar-refractivity contribution in [3.05, 3.63) is 23.2 Å². The predicted molar refractivity (Wildman–Crippen MR) is 96.1 cm³/mol. The first-order chi connectivity index (χ1) is 10.4. The maximum absolute atomic E-state index is 12.6. The van der Waals surface area contributed by atoms with Crippen LogP contribution in [0.5, 0.6) is 0 Å². The smallest absolute Gasteiger partial charge is 0.244 e. The summed E-state index contributed by atoms with van der Waals surface area (Å²) in [6.45, 7) is 7.16. The SMILES string of the molecule is CCCNC(=S)Nc1ccc(Cl)c(S(=O)(=O)N(CC)CC)c1. The van der Waals surface area contributed by atoms with Gasteiger partial charge >= 0.3 is 0 Å². The third-order valence-electron chi connectivity index (χ3n) is 3.05. The second-order valence-electron chi connectivity index (χ2n) is 4.62. The first kappa shape index (κ1) is 19.2. The Labute approximate surface area is 143 Å². The van der Waals surface area contributed by atoms with Crippen LogP contribution >= 0.6 is 23.8 Å². The first-order valence-corrected chi connectivity index (χ1v) is 9.43. The number of hydrogen-bond acceptors (Lipinski definition) is 3. The number of halogens is 1. The largest absolute Gasteiger partial charge is 0.362 e. The number of sulfonamides is 1. The van der Waals surface area contributed by atoms with Gasteiger partial charge in [-0.1, -0.05) is 32.4 Å². The summed E-state index contributed by atoms with van der Waals surface area (Å²) in [5.74, 6) is 0. The Morgan fingerprint density at radius 3 is 2.45 bits per heavy atom. The molecule has 124 valence electrons. The molecule has 0 radical (unpaired) electrons. The van der Waals surface area contributed by atoms with Crippen molar-refractivity contribution in [1.82, 2.24) is 9.62 Å². The van der Waals surface area contributed by atoms with Crippen molar-refractivity contribution in [1.29, 1.82) is 0 Å². The Balaban J connectivity index is 3.07. The van der Waals surface area contributed by atoms with E-state index < -0.39 is 10.0 Å². The molecule has 0 heterocycles. The van der Waals surface area contributed by atoms with Crippen LogP contribution < -0.4 is 10.6 Å². The molecule has 8 heteroatoms. The number of rotatable bonds is 7. The minimum Gasteiger partial charge on any atom is -0.362 e. The molecule has 0 unspecified atom stereocenters. The van der Waals surface area contributed by atoms with Crippen LogP contribution in [0.25, 0.3) is 0 Å². The molecule has 0 aliphatic carbocycles. The normalized spacial score (nSPS) is 11.5. The van der Waals surface area contributed by atoms with Gasteiger partial charge in [-0.15, -0.1) is 0 Å². The zero-order valence-electron chi connectivity index (χ0n) is 13.0. The van der Waals surface area contributed by atoms with E-state index in [-0.39, 0.29) is 9.92 Å². The van der Waals surface area contributed by atoms with Crippen LogP contribution in [0.2, 0.25) is 5.02 Å². The number of hydrogen-bond donors (Lipinski definition) is 2. The Kier molecular flexibility index (Phi) is 7.55. The average Bonchev–Trinajstić information content (AvgIpc) is 2.48. The van der Waals surface area contributed by atoms with Gasteiger partial charge in [0.15, 0.2) is 5.11 Å². The van der Waals surface area contributed by atoms with Gasteiger partial charge in [0.05, 0.1) is 5.02 Å². The Morgan fingerprint density at radius 1 is 1.27 bits per heavy atom. The molecule has 0 saturated heterocycles. The molecule has 1 aromatic rings. The molecule has 0 amide bonds. The van der Waals surface area contributed by atoms with Crippen LogP contribution in [0.3, 0.4) is 0 Å². The molecule has 1 aromatic carbocycles. The molecule has 22 heavy (non-hydrogen) atoms. The summed E-state index contributed by atoms with van der Waals surface area (Å²) < 4.78 is 26.5. The highest BCUT2D eigenvalue weighted by atomic mass is 35.5. The van der Waals surface area contributed by atoms with Crippen molar-refractivity contribution < 1.29 is 8.42 Å². The summed E-state index contributed by atoms with van der Waals surface area (Å²) >= 11 is 11.2. The van der Waals surface area contributed by atoms with Crippen molar-refractivity contribution in [3.63, 3.8) is 0 Å². The van der Waals surface area contributed by atoms with Gasteiger partial charge in [-0.3, -0.25) is 0 Å². The van der Waals surface area contributed by atoms with E-state index in [0.717, 1.165) is 13.0 Å². The van der Waals surface area contributed by atoms with E-state index in [1.165, 1.54) is 10.4 Å². The minimum absolute atomic E-state index is 0.0844. The van der Waals surface area contributed by atoms with Gasteiger partial charge in [-0.2, -0.15) is 4.31 Å². The molecule has 0 aliphatic heterocycles. The summed E-state index contributed by atoms with van der Waals surface area (Å²) in [4.78, 5) is 0.0844. The zero-order valence-corrected chi connectivity index (χ0v) is 15.4. The number of benzene rings is 1. The monoisotopic (exact) mass is 363 g/mol. The molecule has 0 fully saturated rings. The first-order valence-electron chi connectivity index (χ1n) is 7.21. The lowest BCUT2D eigenvalue weighted by atomic mass is 10.3. The highest BCUT2D eigenvalue weighted by molar-refractivity contribution is 7.89. The van der Waals surface area contributed by atoms with E-state index >= 15 is 0 Å². The Morgan fingerprint density at radius 2 is 1.91 bits per heavy atom. The number of nitrogens with zero attached hydrogens (tertiary/aromatic N) is 1. The molecule has 0 saturated carbocycles. The Hall–Kier alpha value is -0.890. The lowest BCUT2D eigenvalue weighted by Gasteiger charge is -2.20. The predicted octanol–water partition coefficient (Wildman–Crippen LogP) is 3.07. The highest BCUT2D eigenvalue weighted by Gasteiger charge is 2.24. The third-order valence-corrected chi connectivity index (χ3v) is 5.83. The molecule has 0 atom stereocenters. The molecule has 5 nitrogen and oxygen atoms in total. The number of anilines is 1. The van der Waals surface area contributed by atoms with Gasteiger partial charge < -0.3 is 10.6 Å². The molecule has 0 bridgehead atoms. The summed E-state index contributed by atoms with van der Waals surface area (Å²) in [6.07, 6.45) is 0.948. The molecular formula is C14H22ClN3O2S2. The summed E-state index contributed by atoms with van der Waals surface area (Å²) in [5, 5.41) is 6.65. The van der Waals surface area contributed by atoms with Gasteiger partial charge in [0.1, 0.15) is 4.90 Å². The van der Waals surface area contributed by atoms with E-state index in [0.29, 0.717) is 23.9 Å². The van der Waals surface area contributed by atoms with Gasteiger partial charge in [0.25, 0.3) is 0 Å². The highest BCUT2D eigenvalue weighted by Crippen LogP contribution is 2.27. The lowest BCUT2D eigenvalue weighted by Crippen LogP contribution is -2.31. The van der Waals surface area contributed by atoms with Gasteiger partial charge in [0.2, 0.25) is 10.0 Å². The Bertz CT molecular complexity index is 617. The van der Waals surface area contributed by atoms with Crippen LogP contribution in [-0.4, -0.2) is 37.5 Å². The average molecular weight is 364 g/mol. The summed E-state index contributed by atoms with van der Waals surface area (Å²) in [5.41, 5.74) is 0.587. The van der Waals surface area contributed by atoms with Gasteiger partial charge in [0, 0.05) is 25.3 Å². The van der Waals surface area contributed by atoms with E-state index in [2.05, 4.69) is 10.6 Å². The van der Waals surface area contributed by atoms with Crippen molar-refractivity contribution in [2.45, 2.75) is 32.1 Å². The fraction of sp³-hybridized carbons (Fsp3) is 0.500. The maximum Gasteiger partial charge on any atom is 0.244 e. The second kappa shape index (κ2) is 8.67. The van der Waals surface area contributed by atoms with Crippen molar-refractivity contribution in [3.8, 4) is 0 Å². The van der Waals surface area contributed by atoms with Crippen molar-refractivity contribution >= 4 is 44.6 Å². The lowest BCUT2D eigenvalue weighted by molar-refractivity contribution is 0.445. The topological polar surface area (TPSA) is 61.4 Å². The molecule has 2 N–H and O–H groups in total. The maximum atomic E-state index is 12.6. The quantitative estimate of drug-likeness (QED) is 0.729. The standard InChI is InChI=1S/C14H22ClN3O2S2/c1-4-9-16-14(21)17-11-7-8-12(15)13(10-11)22(19,20)18(5-2)6-3/h7-8,10H,4-6,9H2,1-3H3,(H2,16,17,21). The van der Waals surface area contributed by atoms with E-state index in [4.69, 9.17) is 23.8 Å². The third kappa shape index (κ3) is 4.81. The molecule has 0 aromatic heterocycles. The summed E-state index contributed by atoms with van der Waals surface area (Å²) in [6, 6.07) is 4.77. The van der Waals surface area contributed by atoms with Crippen LogP contribution in [0.1, 0.15) is 27.2 Å². The molecular weight excluding hydrogens is 342 g/mol. The van der Waals surface area contributed by atoms with Crippen LogP contribution in [0.15, 0.2) is 23.1 Å². The van der Waals surface area contributed by atoms with E-state index in [1.54, 1.807) is 26.0 Å². The van der Waals surface area contributed by atoms with Crippen molar-refractivity contribution in [2.24, 2.45) is 0 Å². The fourth-order valence-corrected chi connectivity index (χ4v) is 4.07. The van der Waals surface area contributed by atoms with Crippen molar-refractivity contribution in [2.75, 3.05) is 25.0 Å². The second-order valence-corrected chi connectivity index (χ2v) is 7.34. The van der Waals surface area contributed by atoms with E-state index in [9.17, 15) is 8.42 Å². The fourth-order valence-electron chi connectivity index (χ4n) is 1.90. The van der Waals surface area contributed by atoms with Crippen LogP contribution in [-0.2, 0) is 10.0 Å². The minimum atomic E-state index is -3.61. The molecule has 0 aliphatic rings. The van der Waals surface area contributed by atoms with Gasteiger partial charge in [-0.25, -0.2) is 8.42 Å². The number of thiocarbonyl (C=S) groups is 1. The summed E-state index contributed by atoms with van der Waals surface area (Å²) in [7, 11) is -3.61. The molecule has 0 spiro atoms. The number of nitrogens with one attached hydrogen (secondary N) is 2. The van der Waals surface area contributed by atoms with Crippen LogP contribution in [0.4, 0.5) is 5.69 Å². The van der Waals surface area contributed by atoms with E-state index in [1.807, 2.05) is 6.92 Å². The molecule has 1 rings (SSSR count). The van der Waals surface area contributed by atoms with Crippen LogP contribution in [0, 0.1) is 0 Å². The zero-order chi connectivity index (χ0) is 16.8.